The number of fused-ring (bicyclic) bond motifs is 5. The van der Waals surface area contributed by atoms with Crippen molar-refractivity contribution in [3.8, 4) is 44.5 Å². The maximum atomic E-state index is 2.45. The number of rotatable bonds is 7. The van der Waals surface area contributed by atoms with Crippen LogP contribution in [0.4, 0.5) is 17.1 Å². The molecule has 0 aromatic heterocycles. The van der Waals surface area contributed by atoms with E-state index in [4.69, 9.17) is 0 Å². The van der Waals surface area contributed by atoms with Crippen LogP contribution in [0.2, 0.25) is 0 Å². The van der Waals surface area contributed by atoms with E-state index < -0.39 is 0 Å². The molecule has 0 fully saturated rings. The van der Waals surface area contributed by atoms with Crippen LogP contribution in [-0.4, -0.2) is 0 Å². The molecule has 59 heavy (non-hydrogen) atoms. The van der Waals surface area contributed by atoms with Crippen LogP contribution >= 0.6 is 0 Å². The van der Waals surface area contributed by atoms with Gasteiger partial charge in [-0.15, -0.1) is 0 Å². The quantitative estimate of drug-likeness (QED) is 0.147. The summed E-state index contributed by atoms with van der Waals surface area (Å²) in [5, 5.41) is 9.86. The van der Waals surface area contributed by atoms with Crippen molar-refractivity contribution in [1.29, 1.82) is 0 Å². The standard InChI is InChI=1S/C58H39N/c1-4-17-42(18-5-1)49-36-37-56(53-26-14-12-24-50(49)53)59(47-32-30-41(31-33-47)46-29-28-40-16-10-11-23-45(40)38-46)48-34-35-52-51-25-13-15-27-54(51)57(43-19-6-2-7-20-43)58(55(52)39-48)44-21-8-3-9-22-44/h1-39H. The Balaban J connectivity index is 1.18. The maximum absolute atomic E-state index is 2.45. The van der Waals surface area contributed by atoms with Crippen LogP contribution in [0.1, 0.15) is 0 Å². The van der Waals surface area contributed by atoms with Crippen LogP contribution in [0.15, 0.2) is 237 Å². The Kier molecular flexibility index (Phi) is 8.56. The van der Waals surface area contributed by atoms with Gasteiger partial charge in [-0.1, -0.05) is 200 Å². The summed E-state index contributed by atoms with van der Waals surface area (Å²) in [6, 6.07) is 86.3. The number of hydrogen-bond acceptors (Lipinski definition) is 1. The first-order valence-electron chi connectivity index (χ1n) is 20.3. The van der Waals surface area contributed by atoms with E-state index in [2.05, 4.69) is 241 Å². The Morgan fingerprint density at radius 2 is 0.746 bits per heavy atom. The van der Waals surface area contributed by atoms with E-state index >= 15 is 0 Å². The summed E-state index contributed by atoms with van der Waals surface area (Å²) < 4.78 is 0. The van der Waals surface area contributed by atoms with Gasteiger partial charge >= 0.3 is 0 Å². The van der Waals surface area contributed by atoms with Gasteiger partial charge in [0.25, 0.3) is 0 Å². The van der Waals surface area contributed by atoms with Crippen LogP contribution in [0.25, 0.3) is 87.6 Å². The average Bonchev–Trinajstić information content (AvgIpc) is 3.32. The molecule has 0 spiro atoms. The van der Waals surface area contributed by atoms with Crippen molar-refractivity contribution in [3.63, 3.8) is 0 Å². The van der Waals surface area contributed by atoms with Crippen LogP contribution in [0, 0.1) is 0 Å². The van der Waals surface area contributed by atoms with Gasteiger partial charge in [-0.25, -0.2) is 0 Å². The first-order valence-corrected chi connectivity index (χ1v) is 20.3. The Hall–Kier alpha value is -7.74. The molecule has 1 heteroatoms. The van der Waals surface area contributed by atoms with Gasteiger partial charge in [-0.2, -0.15) is 0 Å². The van der Waals surface area contributed by atoms with E-state index in [0.717, 1.165) is 17.1 Å². The average molecular weight is 750 g/mol. The lowest BCUT2D eigenvalue weighted by Crippen LogP contribution is -2.11. The van der Waals surface area contributed by atoms with E-state index in [1.165, 1.54) is 87.6 Å². The second-order valence-electron chi connectivity index (χ2n) is 15.2. The molecule has 0 radical (unpaired) electrons. The van der Waals surface area contributed by atoms with Gasteiger partial charge < -0.3 is 4.90 Å². The summed E-state index contributed by atoms with van der Waals surface area (Å²) in [6.07, 6.45) is 0. The largest absolute Gasteiger partial charge is 0.310 e. The zero-order valence-electron chi connectivity index (χ0n) is 32.5. The van der Waals surface area contributed by atoms with Gasteiger partial charge in [-0.05, 0) is 119 Å². The fourth-order valence-corrected chi connectivity index (χ4v) is 9.07. The highest BCUT2D eigenvalue weighted by atomic mass is 15.1. The van der Waals surface area contributed by atoms with Crippen molar-refractivity contribution in [2.75, 3.05) is 4.90 Å². The third-order valence-electron chi connectivity index (χ3n) is 11.8. The van der Waals surface area contributed by atoms with Gasteiger partial charge in [0.1, 0.15) is 0 Å². The topological polar surface area (TPSA) is 3.24 Å². The smallest absolute Gasteiger partial charge is 0.0540 e. The number of hydrogen-bond donors (Lipinski definition) is 0. The predicted octanol–water partition coefficient (Wildman–Crippen LogP) is 16.4. The minimum Gasteiger partial charge on any atom is -0.310 e. The summed E-state index contributed by atoms with van der Waals surface area (Å²) in [6.45, 7) is 0. The summed E-state index contributed by atoms with van der Waals surface area (Å²) in [5.41, 5.74) is 13.0. The Labute approximate surface area is 344 Å². The molecule has 0 N–H and O–H groups in total. The highest BCUT2D eigenvalue weighted by molar-refractivity contribution is 6.22. The van der Waals surface area contributed by atoms with Crippen molar-refractivity contribution in [1.82, 2.24) is 0 Å². The molecule has 0 aliphatic carbocycles. The van der Waals surface area contributed by atoms with Crippen molar-refractivity contribution in [3.05, 3.63) is 237 Å². The lowest BCUT2D eigenvalue weighted by molar-refractivity contribution is 1.30. The Morgan fingerprint density at radius 3 is 1.44 bits per heavy atom. The molecule has 0 saturated carbocycles. The molecular weight excluding hydrogens is 711 g/mol. The first-order chi connectivity index (χ1) is 29.3. The fraction of sp³-hybridized carbons (Fsp3) is 0. The summed E-state index contributed by atoms with van der Waals surface area (Å²) in [5.74, 6) is 0. The maximum Gasteiger partial charge on any atom is 0.0540 e. The molecule has 0 saturated heterocycles. The minimum atomic E-state index is 1.09. The molecule has 11 rings (SSSR count). The second kappa shape index (κ2) is 14.6. The molecule has 0 heterocycles. The molecule has 0 aliphatic heterocycles. The summed E-state index contributed by atoms with van der Waals surface area (Å²) >= 11 is 0. The Morgan fingerprint density at radius 1 is 0.237 bits per heavy atom. The molecule has 0 unspecified atom stereocenters. The molecule has 276 valence electrons. The molecule has 0 amide bonds. The van der Waals surface area contributed by atoms with Gasteiger partial charge in [0.05, 0.1) is 5.69 Å². The van der Waals surface area contributed by atoms with E-state index in [9.17, 15) is 0 Å². The molecule has 11 aromatic carbocycles. The monoisotopic (exact) mass is 749 g/mol. The zero-order chi connectivity index (χ0) is 39.1. The number of benzene rings is 11. The van der Waals surface area contributed by atoms with E-state index in [1.54, 1.807) is 0 Å². The van der Waals surface area contributed by atoms with Crippen LogP contribution in [0.5, 0.6) is 0 Å². The predicted molar refractivity (Wildman–Crippen MR) is 253 cm³/mol. The highest BCUT2D eigenvalue weighted by Crippen LogP contribution is 2.48. The second-order valence-corrected chi connectivity index (χ2v) is 15.2. The zero-order valence-corrected chi connectivity index (χ0v) is 32.5. The molecule has 11 aromatic rings. The van der Waals surface area contributed by atoms with Crippen LogP contribution in [-0.2, 0) is 0 Å². The van der Waals surface area contributed by atoms with Gasteiger partial charge in [0.15, 0.2) is 0 Å². The normalized spacial score (nSPS) is 11.4. The highest BCUT2D eigenvalue weighted by Gasteiger charge is 2.22. The molecular formula is C58H39N. The van der Waals surface area contributed by atoms with Crippen LogP contribution < -0.4 is 4.90 Å². The molecule has 0 atom stereocenters. The third kappa shape index (κ3) is 6.12. The SMILES string of the molecule is c1ccc(-c2ccc(N(c3ccc(-c4ccc5ccccc5c4)cc3)c3ccc4c(c3)c(-c3ccccc3)c(-c3ccccc3)c3ccccc34)c3ccccc23)cc1. The van der Waals surface area contributed by atoms with Crippen molar-refractivity contribution in [2.45, 2.75) is 0 Å². The molecule has 0 bridgehead atoms. The van der Waals surface area contributed by atoms with Gasteiger partial charge in [0.2, 0.25) is 0 Å². The third-order valence-corrected chi connectivity index (χ3v) is 11.8. The van der Waals surface area contributed by atoms with Crippen molar-refractivity contribution in [2.24, 2.45) is 0 Å². The van der Waals surface area contributed by atoms with Gasteiger partial charge in [-0.3, -0.25) is 0 Å². The molecule has 1 nitrogen and oxygen atoms in total. The van der Waals surface area contributed by atoms with Crippen LogP contribution in [0.3, 0.4) is 0 Å². The minimum absolute atomic E-state index is 1.09. The van der Waals surface area contributed by atoms with E-state index in [1.807, 2.05) is 0 Å². The lowest BCUT2D eigenvalue weighted by Gasteiger charge is -2.29. The summed E-state index contributed by atoms with van der Waals surface area (Å²) in [4.78, 5) is 2.45. The van der Waals surface area contributed by atoms with E-state index in [0.29, 0.717) is 0 Å². The number of anilines is 3. The van der Waals surface area contributed by atoms with Crippen molar-refractivity contribution < 1.29 is 0 Å². The summed E-state index contributed by atoms with van der Waals surface area (Å²) in [7, 11) is 0. The van der Waals surface area contributed by atoms with Gasteiger partial charge in [0, 0.05) is 16.8 Å². The Bertz CT molecular complexity index is 3300. The fourth-order valence-electron chi connectivity index (χ4n) is 9.07. The number of nitrogens with zero attached hydrogens (tertiary/aromatic N) is 1. The van der Waals surface area contributed by atoms with Crippen molar-refractivity contribution >= 4 is 60.2 Å². The lowest BCUT2D eigenvalue weighted by atomic mass is 9.85. The van der Waals surface area contributed by atoms with E-state index in [-0.39, 0.29) is 0 Å². The first kappa shape index (κ1) is 34.5. The molecule has 0 aliphatic rings.